The minimum Gasteiger partial charge on any atom is -0.465 e. The van der Waals surface area contributed by atoms with E-state index in [0.29, 0.717) is 16.5 Å². The second-order valence-corrected chi connectivity index (χ2v) is 7.01. The number of rotatable bonds is 6. The zero-order valence-electron chi connectivity index (χ0n) is 14.9. The van der Waals surface area contributed by atoms with Gasteiger partial charge in [0.1, 0.15) is 4.88 Å². The average Bonchev–Trinajstić information content (AvgIpc) is 3.03. The fourth-order valence-corrected chi connectivity index (χ4v) is 3.28. The number of nitrogens with zero attached hydrogens (tertiary/aromatic N) is 2. The summed E-state index contributed by atoms with van der Waals surface area (Å²) in [7, 11) is 5.17. The van der Waals surface area contributed by atoms with Gasteiger partial charge in [-0.2, -0.15) is 0 Å². The molecule has 1 heterocycles. The number of hydrogen-bond donors (Lipinski definition) is 0. The van der Waals surface area contributed by atoms with Crippen molar-refractivity contribution in [3.8, 4) is 10.4 Å². The summed E-state index contributed by atoms with van der Waals surface area (Å²) in [6, 6.07) is 10.5. The summed E-state index contributed by atoms with van der Waals surface area (Å²) in [6.07, 6.45) is 2.80. The molecule has 1 atom stereocenters. The first-order valence-electron chi connectivity index (χ1n) is 7.99. The summed E-state index contributed by atoms with van der Waals surface area (Å²) in [6.45, 7) is 4.42. The van der Waals surface area contributed by atoms with Crippen LogP contribution in [0.5, 0.6) is 0 Å². The van der Waals surface area contributed by atoms with E-state index in [0.717, 1.165) is 16.9 Å². The molecule has 128 valence electrons. The minimum absolute atomic E-state index is 0.353. The van der Waals surface area contributed by atoms with E-state index in [2.05, 4.69) is 43.1 Å². The number of carbonyl (C=O) groups excluding carboxylic acids is 1. The predicted molar refractivity (Wildman–Crippen MR) is 102 cm³/mol. The van der Waals surface area contributed by atoms with Gasteiger partial charge in [0.25, 0.3) is 0 Å². The first-order chi connectivity index (χ1) is 11.5. The summed E-state index contributed by atoms with van der Waals surface area (Å²) in [5.41, 5.74) is 3.06. The van der Waals surface area contributed by atoms with Crippen molar-refractivity contribution >= 4 is 29.3 Å². The highest BCUT2D eigenvalue weighted by Gasteiger charge is 2.17. The zero-order chi connectivity index (χ0) is 17.7. The lowest BCUT2D eigenvalue weighted by molar-refractivity contribution is 0.0607. The van der Waals surface area contributed by atoms with Crippen molar-refractivity contribution in [2.45, 2.75) is 26.2 Å². The molecule has 0 N–H and O–H groups in total. The highest BCUT2D eigenvalue weighted by atomic mass is 32.1. The third-order valence-corrected chi connectivity index (χ3v) is 5.04. The van der Waals surface area contributed by atoms with Crippen molar-refractivity contribution in [2.75, 3.05) is 21.2 Å². The van der Waals surface area contributed by atoms with E-state index in [-0.39, 0.29) is 5.97 Å². The number of benzene rings is 1. The van der Waals surface area contributed by atoms with E-state index in [9.17, 15) is 4.79 Å². The van der Waals surface area contributed by atoms with Gasteiger partial charge in [-0.05, 0) is 29.5 Å². The molecule has 1 unspecified atom stereocenters. The van der Waals surface area contributed by atoms with Gasteiger partial charge in [0.2, 0.25) is 0 Å². The van der Waals surface area contributed by atoms with Crippen molar-refractivity contribution in [3.63, 3.8) is 0 Å². The minimum atomic E-state index is -0.353. The maximum absolute atomic E-state index is 12.0. The Labute approximate surface area is 147 Å². The Morgan fingerprint density at radius 3 is 2.54 bits per heavy atom. The molecule has 1 aromatic heterocycles. The molecule has 0 radical (unpaired) electrons. The third kappa shape index (κ3) is 4.23. The molecule has 2 aromatic rings. The Morgan fingerprint density at radius 2 is 2.00 bits per heavy atom. The van der Waals surface area contributed by atoms with Crippen LogP contribution in [0, 0.1) is 0 Å². The molecule has 2 rings (SSSR count). The Hall–Kier alpha value is -2.14. The number of esters is 1. The van der Waals surface area contributed by atoms with Crippen LogP contribution in [-0.2, 0) is 4.74 Å². The van der Waals surface area contributed by atoms with E-state index in [1.165, 1.54) is 24.0 Å². The fourth-order valence-electron chi connectivity index (χ4n) is 2.25. The number of carbonyl (C=O) groups is 1. The SMILES string of the molecule is CCC(C)c1ccc(-c2cc(N=CN(C)C)c(C(=O)OC)s2)cc1. The zero-order valence-corrected chi connectivity index (χ0v) is 15.7. The third-order valence-electron chi connectivity index (χ3n) is 3.89. The largest absolute Gasteiger partial charge is 0.465 e. The van der Waals surface area contributed by atoms with Gasteiger partial charge >= 0.3 is 5.97 Å². The van der Waals surface area contributed by atoms with Gasteiger partial charge in [0.05, 0.1) is 19.1 Å². The van der Waals surface area contributed by atoms with Crippen LogP contribution < -0.4 is 0 Å². The van der Waals surface area contributed by atoms with E-state index in [4.69, 9.17) is 4.74 Å². The first-order valence-corrected chi connectivity index (χ1v) is 8.81. The topological polar surface area (TPSA) is 41.9 Å². The van der Waals surface area contributed by atoms with Gasteiger partial charge in [0.15, 0.2) is 0 Å². The van der Waals surface area contributed by atoms with Gasteiger partial charge in [-0.1, -0.05) is 38.1 Å². The second kappa shape index (κ2) is 8.11. The number of methoxy groups -OCH3 is 1. The Bertz CT molecular complexity index is 717. The molecular weight excluding hydrogens is 320 g/mol. The molecule has 0 fully saturated rings. The summed E-state index contributed by atoms with van der Waals surface area (Å²) in [5.74, 6) is 0.196. The summed E-state index contributed by atoms with van der Waals surface area (Å²) < 4.78 is 4.88. The first kappa shape index (κ1) is 18.2. The molecule has 0 saturated carbocycles. The number of ether oxygens (including phenoxy) is 1. The van der Waals surface area contributed by atoms with Crippen LogP contribution in [0.25, 0.3) is 10.4 Å². The van der Waals surface area contributed by atoms with Crippen molar-refractivity contribution in [2.24, 2.45) is 4.99 Å². The molecule has 0 aliphatic rings. The molecule has 0 aliphatic carbocycles. The van der Waals surface area contributed by atoms with Crippen LogP contribution in [0.4, 0.5) is 5.69 Å². The van der Waals surface area contributed by atoms with Crippen molar-refractivity contribution < 1.29 is 9.53 Å². The van der Waals surface area contributed by atoms with Crippen molar-refractivity contribution in [3.05, 3.63) is 40.8 Å². The summed E-state index contributed by atoms with van der Waals surface area (Å²) >= 11 is 1.41. The lowest BCUT2D eigenvalue weighted by Crippen LogP contribution is -2.07. The fraction of sp³-hybridized carbons (Fsp3) is 0.368. The lowest BCUT2D eigenvalue weighted by atomic mass is 9.97. The molecule has 5 heteroatoms. The second-order valence-electron chi connectivity index (χ2n) is 5.96. The van der Waals surface area contributed by atoms with Crippen LogP contribution in [-0.4, -0.2) is 38.4 Å². The average molecular weight is 344 g/mol. The van der Waals surface area contributed by atoms with Crippen molar-refractivity contribution in [1.29, 1.82) is 0 Å². The molecular formula is C19H24N2O2S. The molecule has 4 nitrogen and oxygen atoms in total. The monoisotopic (exact) mass is 344 g/mol. The van der Waals surface area contributed by atoms with Crippen LogP contribution >= 0.6 is 11.3 Å². The van der Waals surface area contributed by atoms with Crippen LogP contribution in [0.1, 0.15) is 41.4 Å². The Kier molecular flexibility index (Phi) is 6.15. The maximum Gasteiger partial charge on any atom is 0.350 e. The highest BCUT2D eigenvalue weighted by Crippen LogP contribution is 2.37. The predicted octanol–water partition coefficient (Wildman–Crippen LogP) is 4.94. The molecule has 0 aliphatic heterocycles. The normalized spacial score (nSPS) is 12.4. The Balaban J connectivity index is 2.38. The maximum atomic E-state index is 12.0. The quantitative estimate of drug-likeness (QED) is 0.423. The molecule has 0 spiro atoms. The molecule has 0 bridgehead atoms. The van der Waals surface area contributed by atoms with Gasteiger partial charge in [-0.15, -0.1) is 11.3 Å². The molecule has 0 amide bonds. The molecule has 0 saturated heterocycles. The van der Waals surface area contributed by atoms with E-state index >= 15 is 0 Å². The highest BCUT2D eigenvalue weighted by molar-refractivity contribution is 7.18. The van der Waals surface area contributed by atoms with E-state index in [1.54, 1.807) is 6.34 Å². The van der Waals surface area contributed by atoms with Crippen LogP contribution in [0.15, 0.2) is 35.3 Å². The van der Waals surface area contributed by atoms with Gasteiger partial charge in [0, 0.05) is 19.0 Å². The van der Waals surface area contributed by atoms with Gasteiger partial charge < -0.3 is 9.64 Å². The van der Waals surface area contributed by atoms with Gasteiger partial charge in [-0.25, -0.2) is 9.79 Å². The number of aliphatic imine (C=N–C) groups is 1. The number of thiophene rings is 1. The van der Waals surface area contributed by atoms with Gasteiger partial charge in [-0.3, -0.25) is 0 Å². The smallest absolute Gasteiger partial charge is 0.350 e. The number of hydrogen-bond acceptors (Lipinski definition) is 4. The Morgan fingerprint density at radius 1 is 1.33 bits per heavy atom. The van der Waals surface area contributed by atoms with Crippen LogP contribution in [0.2, 0.25) is 0 Å². The van der Waals surface area contributed by atoms with Crippen LogP contribution in [0.3, 0.4) is 0 Å². The molecule has 1 aromatic carbocycles. The lowest BCUT2D eigenvalue weighted by Gasteiger charge is -2.09. The standard InChI is InChI=1S/C19H24N2O2S/c1-6-13(2)14-7-9-15(10-8-14)17-11-16(20-12-21(3)4)18(24-17)19(22)23-5/h7-13H,6H2,1-5H3. The summed E-state index contributed by atoms with van der Waals surface area (Å²) in [4.78, 5) is 19.8. The molecule has 24 heavy (non-hydrogen) atoms. The van der Waals surface area contributed by atoms with E-state index < -0.39 is 0 Å². The van der Waals surface area contributed by atoms with E-state index in [1.807, 2.05) is 25.1 Å². The summed E-state index contributed by atoms with van der Waals surface area (Å²) in [5, 5.41) is 0. The van der Waals surface area contributed by atoms with Crippen molar-refractivity contribution in [1.82, 2.24) is 4.90 Å².